The molecule has 2 aromatic carbocycles. The number of aromatic nitrogens is 1. The highest BCUT2D eigenvalue weighted by molar-refractivity contribution is 5.87. The lowest BCUT2D eigenvalue weighted by Crippen LogP contribution is -1.96. The third-order valence-electron chi connectivity index (χ3n) is 5.34. The molecule has 0 amide bonds. The highest BCUT2D eigenvalue weighted by Gasteiger charge is 2.08. The first kappa shape index (κ1) is 23.7. The van der Waals surface area contributed by atoms with E-state index in [-0.39, 0.29) is 7.21 Å². The van der Waals surface area contributed by atoms with Crippen molar-refractivity contribution in [1.29, 1.82) is 0 Å². The van der Waals surface area contributed by atoms with Crippen LogP contribution in [0.2, 0.25) is 0 Å². The van der Waals surface area contributed by atoms with Crippen molar-refractivity contribution in [1.82, 2.24) is 4.57 Å². The van der Waals surface area contributed by atoms with Crippen molar-refractivity contribution in [2.75, 3.05) is 0 Å². The Hall–Kier alpha value is -2.61. The van der Waals surface area contributed by atoms with Crippen LogP contribution in [0.15, 0.2) is 66.2 Å². The van der Waals surface area contributed by atoms with Crippen LogP contribution in [-0.2, 0) is 18.3 Å². The number of hydrogen-bond donors (Lipinski definition) is 0. The highest BCUT2D eigenvalue weighted by atomic mass is 16.1. The summed E-state index contributed by atoms with van der Waals surface area (Å²) in [5.74, 6) is 0.264. The number of allylic oxidation sites excluding steroid dienone is 2. The summed E-state index contributed by atoms with van der Waals surface area (Å²) in [6, 6.07) is 19.7. The predicted molar refractivity (Wildman–Crippen MR) is 133 cm³/mol. The molecule has 0 unspecified atom stereocenters. The van der Waals surface area contributed by atoms with Gasteiger partial charge in [0.25, 0.3) is 0 Å². The molecule has 0 aliphatic heterocycles. The highest BCUT2D eigenvalue weighted by Crippen LogP contribution is 2.28. The minimum absolute atomic E-state index is 0. The molecule has 1 heterocycles. The molecule has 0 aliphatic rings. The van der Waals surface area contributed by atoms with Gasteiger partial charge in [0.2, 0.25) is 0 Å². The standard InChI is InChI=1S/C26H31NO.C2H6.H2/c1-4-5-10-21(17-20(2)28)11-8-12-22-13-9-15-23(18-22)26-19-24-14-6-7-16-25(24)27(26)3;1-2;/h6-7,9-10,13-16,18-19H,4-5,8,11-12,17H2,1-3H3;1-2H3;1H. The Morgan fingerprint density at radius 3 is 2.53 bits per heavy atom. The topological polar surface area (TPSA) is 22.0 Å². The molecule has 162 valence electrons. The van der Waals surface area contributed by atoms with E-state index in [0.29, 0.717) is 6.42 Å². The fraction of sp³-hybridized carbons (Fsp3) is 0.393. The van der Waals surface area contributed by atoms with E-state index in [1.165, 1.54) is 33.3 Å². The first-order valence-corrected chi connectivity index (χ1v) is 11.4. The van der Waals surface area contributed by atoms with Gasteiger partial charge in [0, 0.05) is 31.5 Å². The Labute approximate surface area is 184 Å². The summed E-state index contributed by atoms with van der Waals surface area (Å²) in [5.41, 5.74) is 6.45. The van der Waals surface area contributed by atoms with Gasteiger partial charge in [-0.25, -0.2) is 0 Å². The second-order valence-corrected chi connectivity index (χ2v) is 7.73. The summed E-state index contributed by atoms with van der Waals surface area (Å²) >= 11 is 0. The maximum Gasteiger partial charge on any atom is 0.133 e. The number of carbonyl (C=O) groups is 1. The number of Topliss-reactive ketones (excluding diaryl/α,β-unsaturated/α-hetero) is 1. The lowest BCUT2D eigenvalue weighted by molar-refractivity contribution is -0.116. The lowest BCUT2D eigenvalue weighted by atomic mass is 9.98. The van der Waals surface area contributed by atoms with Crippen molar-refractivity contribution in [2.45, 2.75) is 66.2 Å². The minimum Gasteiger partial charge on any atom is -0.344 e. The third-order valence-corrected chi connectivity index (χ3v) is 5.34. The number of ketones is 1. The van der Waals surface area contributed by atoms with Gasteiger partial charge in [-0.3, -0.25) is 4.79 Å². The monoisotopic (exact) mass is 405 g/mol. The van der Waals surface area contributed by atoms with Crippen LogP contribution in [0.25, 0.3) is 22.2 Å². The van der Waals surface area contributed by atoms with Gasteiger partial charge < -0.3 is 4.57 Å². The van der Waals surface area contributed by atoms with Gasteiger partial charge in [0.15, 0.2) is 0 Å². The second-order valence-electron chi connectivity index (χ2n) is 7.73. The number of aryl methyl sites for hydroxylation is 2. The predicted octanol–water partition coefficient (Wildman–Crippen LogP) is 8.15. The van der Waals surface area contributed by atoms with Crippen molar-refractivity contribution in [3.8, 4) is 11.3 Å². The van der Waals surface area contributed by atoms with Crippen LogP contribution in [0.3, 0.4) is 0 Å². The van der Waals surface area contributed by atoms with Gasteiger partial charge in [-0.15, -0.1) is 0 Å². The van der Waals surface area contributed by atoms with E-state index >= 15 is 0 Å². The van der Waals surface area contributed by atoms with E-state index in [0.717, 1.165) is 32.1 Å². The zero-order valence-electron chi connectivity index (χ0n) is 19.4. The van der Waals surface area contributed by atoms with Crippen molar-refractivity contribution < 1.29 is 6.22 Å². The molecule has 0 bridgehead atoms. The molecule has 0 N–H and O–H groups in total. The zero-order chi connectivity index (χ0) is 21.9. The number of fused-ring (bicyclic) bond motifs is 1. The number of unbranched alkanes of at least 4 members (excludes halogenated alkanes) is 1. The molecular formula is C28H39NO. The first-order valence-electron chi connectivity index (χ1n) is 11.4. The fourth-order valence-electron chi connectivity index (χ4n) is 3.90. The van der Waals surface area contributed by atoms with Crippen LogP contribution in [0, 0.1) is 0 Å². The smallest absolute Gasteiger partial charge is 0.133 e. The maximum atomic E-state index is 11.5. The second kappa shape index (κ2) is 12.2. The van der Waals surface area contributed by atoms with Crippen LogP contribution < -0.4 is 0 Å². The molecule has 3 aromatic rings. The molecule has 0 aliphatic carbocycles. The number of benzene rings is 2. The Morgan fingerprint density at radius 2 is 1.83 bits per heavy atom. The molecule has 0 atom stereocenters. The van der Waals surface area contributed by atoms with Crippen LogP contribution >= 0.6 is 0 Å². The third kappa shape index (κ3) is 6.45. The van der Waals surface area contributed by atoms with Gasteiger partial charge in [-0.1, -0.05) is 75.2 Å². The molecule has 2 nitrogen and oxygen atoms in total. The van der Waals surface area contributed by atoms with Crippen molar-refractivity contribution >= 4 is 16.7 Å². The lowest BCUT2D eigenvalue weighted by Gasteiger charge is -2.09. The minimum atomic E-state index is 0. The molecule has 3 rings (SSSR count). The molecule has 0 spiro atoms. The normalized spacial score (nSPS) is 11.3. The number of carbonyl (C=O) groups excluding carboxylic acids is 1. The van der Waals surface area contributed by atoms with Crippen molar-refractivity contribution in [2.24, 2.45) is 7.05 Å². The molecule has 0 fully saturated rings. The Balaban J connectivity index is 0.00000156. The quantitative estimate of drug-likeness (QED) is 0.329. The molecule has 0 saturated heterocycles. The molecular weight excluding hydrogens is 366 g/mol. The Bertz CT molecular complexity index is 984. The Kier molecular flexibility index (Phi) is 9.60. The van der Waals surface area contributed by atoms with Crippen LogP contribution in [0.5, 0.6) is 0 Å². The first-order chi connectivity index (χ1) is 14.6. The summed E-state index contributed by atoms with van der Waals surface area (Å²) in [7, 11) is 2.14. The van der Waals surface area contributed by atoms with Crippen LogP contribution in [-0.4, -0.2) is 10.4 Å². The summed E-state index contributed by atoms with van der Waals surface area (Å²) in [6.45, 7) is 7.87. The molecule has 1 aromatic heterocycles. The van der Waals surface area contributed by atoms with E-state index < -0.39 is 0 Å². The molecule has 2 heteroatoms. The largest absolute Gasteiger partial charge is 0.344 e. The van der Waals surface area contributed by atoms with Crippen LogP contribution in [0.1, 0.15) is 66.8 Å². The summed E-state index contributed by atoms with van der Waals surface area (Å²) in [5, 5.41) is 1.28. The van der Waals surface area contributed by atoms with E-state index in [1.807, 2.05) is 13.8 Å². The maximum absolute atomic E-state index is 11.5. The van der Waals surface area contributed by atoms with E-state index in [9.17, 15) is 4.79 Å². The summed E-state index contributed by atoms with van der Waals surface area (Å²) in [6.07, 6.45) is 8.22. The van der Waals surface area contributed by atoms with E-state index in [4.69, 9.17) is 0 Å². The number of hydrogen-bond acceptors (Lipinski definition) is 1. The van der Waals surface area contributed by atoms with Gasteiger partial charge >= 0.3 is 0 Å². The van der Waals surface area contributed by atoms with Gasteiger partial charge in [-0.05, 0) is 61.9 Å². The average molecular weight is 406 g/mol. The fourth-order valence-corrected chi connectivity index (χ4v) is 3.90. The average Bonchev–Trinajstić information content (AvgIpc) is 3.10. The number of rotatable bonds is 9. The summed E-state index contributed by atoms with van der Waals surface area (Å²) in [4.78, 5) is 11.5. The van der Waals surface area contributed by atoms with Gasteiger partial charge in [-0.2, -0.15) is 0 Å². The summed E-state index contributed by atoms with van der Waals surface area (Å²) < 4.78 is 2.27. The Morgan fingerprint density at radius 1 is 1.07 bits per heavy atom. The van der Waals surface area contributed by atoms with E-state index in [2.05, 4.69) is 79.2 Å². The molecule has 0 radical (unpaired) electrons. The molecule has 0 saturated carbocycles. The zero-order valence-corrected chi connectivity index (χ0v) is 19.4. The van der Waals surface area contributed by atoms with Crippen molar-refractivity contribution in [3.05, 3.63) is 71.8 Å². The number of nitrogens with zero attached hydrogens (tertiary/aromatic N) is 1. The SMILES string of the molecule is CC.CCCC=C(CCCc1cccc(-c2cc3ccccc3n2C)c1)CC(C)=O.[HH]. The van der Waals surface area contributed by atoms with Gasteiger partial charge in [0.1, 0.15) is 5.78 Å². The van der Waals surface area contributed by atoms with E-state index in [1.54, 1.807) is 6.92 Å². The van der Waals surface area contributed by atoms with Crippen molar-refractivity contribution in [3.63, 3.8) is 0 Å². The van der Waals surface area contributed by atoms with Crippen LogP contribution in [0.4, 0.5) is 0 Å². The van der Waals surface area contributed by atoms with Gasteiger partial charge in [0.05, 0.1) is 0 Å². The number of para-hydroxylation sites is 1. The molecule has 30 heavy (non-hydrogen) atoms.